The van der Waals surface area contributed by atoms with Crippen LogP contribution in [0.1, 0.15) is 20.3 Å². The van der Waals surface area contributed by atoms with Crippen LogP contribution in [0.2, 0.25) is 0 Å². The molecule has 0 heterocycles. The Morgan fingerprint density at radius 3 is 2.44 bits per heavy atom. The molecule has 1 rings (SSSR count). The highest BCUT2D eigenvalue weighted by molar-refractivity contribution is 7.96. The largest absolute Gasteiger partial charge is 0.462 e. The predicted octanol–water partition coefficient (Wildman–Crippen LogP) is 2.77. The summed E-state index contributed by atoms with van der Waals surface area (Å²) in [6, 6.07) is 7.84. The number of carbonyl (C=O) groups excluding carboxylic acids is 1. The van der Waals surface area contributed by atoms with Crippen LogP contribution < -0.4 is 0 Å². The topological polar surface area (TPSA) is 63.7 Å². The normalized spacial score (nSPS) is 12.4. The van der Waals surface area contributed by atoms with E-state index in [0.29, 0.717) is 18.5 Å². The molecule has 0 fully saturated rings. The first kappa shape index (κ1) is 20.5. The fourth-order valence-electron chi connectivity index (χ4n) is 2.10. The van der Waals surface area contributed by atoms with Gasteiger partial charge in [0.25, 0.3) is 0 Å². The van der Waals surface area contributed by atoms with Crippen molar-refractivity contribution in [2.75, 3.05) is 20.2 Å². The fourth-order valence-corrected chi connectivity index (χ4v) is 3.68. The van der Waals surface area contributed by atoms with Crippen molar-refractivity contribution in [3.05, 3.63) is 53.1 Å². The molecule has 1 aromatic carbocycles. The third kappa shape index (κ3) is 5.50. The standard InChI is InChI=1S/C19H23NO4S/c1-5-14-20(4)15-13-16(6-2)18(19(21)24-7-3)25(22,23)17-11-9-8-10-12-17/h1,8-13,15H,6-7,14H2,2-4H3. The lowest BCUT2D eigenvalue weighted by molar-refractivity contribution is -0.137. The van der Waals surface area contributed by atoms with E-state index in [0.717, 1.165) is 0 Å². The fraction of sp³-hybridized carbons (Fsp3) is 0.316. The lowest BCUT2D eigenvalue weighted by atomic mass is 10.2. The molecule has 134 valence electrons. The SMILES string of the molecule is C#CCN(C)C=CC(CC)=C(C(=O)OCC)S(=O)(=O)c1ccccc1. The molecule has 0 unspecified atom stereocenters. The van der Waals surface area contributed by atoms with Crippen LogP contribution in [0.5, 0.6) is 0 Å². The Kier molecular flexibility index (Phi) is 7.96. The van der Waals surface area contributed by atoms with E-state index in [1.807, 2.05) is 0 Å². The molecule has 0 aliphatic carbocycles. The van der Waals surface area contributed by atoms with Crippen molar-refractivity contribution in [1.29, 1.82) is 0 Å². The molecule has 5 nitrogen and oxygen atoms in total. The first-order valence-corrected chi connectivity index (χ1v) is 9.39. The maximum absolute atomic E-state index is 13.0. The highest BCUT2D eigenvalue weighted by atomic mass is 32.2. The number of allylic oxidation sites excluding steroid dienone is 2. The predicted molar refractivity (Wildman–Crippen MR) is 98.2 cm³/mol. The highest BCUT2D eigenvalue weighted by Gasteiger charge is 2.30. The number of ether oxygens (including phenoxy) is 1. The smallest absolute Gasteiger partial charge is 0.350 e. The van der Waals surface area contributed by atoms with Gasteiger partial charge in [-0.2, -0.15) is 0 Å². The van der Waals surface area contributed by atoms with Gasteiger partial charge in [-0.15, -0.1) is 6.42 Å². The molecular formula is C19H23NO4S. The lowest BCUT2D eigenvalue weighted by Crippen LogP contribution is -2.19. The molecule has 0 aliphatic heterocycles. The molecule has 0 aromatic heterocycles. The molecule has 0 N–H and O–H groups in total. The Bertz CT molecular complexity index is 786. The zero-order chi connectivity index (χ0) is 18.9. The van der Waals surface area contributed by atoms with Crippen molar-refractivity contribution >= 4 is 15.8 Å². The van der Waals surface area contributed by atoms with Gasteiger partial charge < -0.3 is 9.64 Å². The molecular weight excluding hydrogens is 338 g/mol. The summed E-state index contributed by atoms with van der Waals surface area (Å²) in [4.78, 5) is 13.8. The molecule has 0 radical (unpaired) electrons. The van der Waals surface area contributed by atoms with Gasteiger partial charge in [-0.1, -0.05) is 31.0 Å². The van der Waals surface area contributed by atoms with Crippen molar-refractivity contribution in [2.24, 2.45) is 0 Å². The minimum atomic E-state index is -4.00. The van der Waals surface area contributed by atoms with Crippen LogP contribution in [0.4, 0.5) is 0 Å². The van der Waals surface area contributed by atoms with Gasteiger partial charge in [0.05, 0.1) is 18.0 Å². The van der Waals surface area contributed by atoms with Gasteiger partial charge in [-0.05, 0) is 43.3 Å². The Balaban J connectivity index is 3.50. The molecule has 0 spiro atoms. The average Bonchev–Trinajstić information content (AvgIpc) is 2.59. The zero-order valence-electron chi connectivity index (χ0n) is 14.7. The van der Waals surface area contributed by atoms with Gasteiger partial charge in [-0.3, -0.25) is 0 Å². The maximum atomic E-state index is 13.0. The Morgan fingerprint density at radius 1 is 1.28 bits per heavy atom. The van der Waals surface area contributed by atoms with Crippen LogP contribution in [-0.4, -0.2) is 39.5 Å². The van der Waals surface area contributed by atoms with Crippen molar-refractivity contribution in [1.82, 2.24) is 4.90 Å². The Hall–Kier alpha value is -2.52. The van der Waals surface area contributed by atoms with Gasteiger partial charge in [0, 0.05) is 7.05 Å². The molecule has 6 heteroatoms. The minimum absolute atomic E-state index is 0.0504. The second-order valence-corrected chi connectivity index (χ2v) is 7.07. The van der Waals surface area contributed by atoms with Crippen LogP contribution in [0.15, 0.2) is 58.0 Å². The van der Waals surface area contributed by atoms with E-state index < -0.39 is 15.8 Å². The van der Waals surface area contributed by atoms with Crippen LogP contribution in [0.25, 0.3) is 0 Å². The molecule has 0 atom stereocenters. The van der Waals surface area contributed by atoms with E-state index in [1.165, 1.54) is 12.1 Å². The van der Waals surface area contributed by atoms with Gasteiger partial charge in [0.1, 0.15) is 0 Å². The van der Waals surface area contributed by atoms with E-state index in [9.17, 15) is 13.2 Å². The first-order chi connectivity index (χ1) is 11.9. The molecule has 0 saturated carbocycles. The minimum Gasteiger partial charge on any atom is -0.462 e. The zero-order valence-corrected chi connectivity index (χ0v) is 15.5. The Labute approximate surface area is 149 Å². The molecule has 0 amide bonds. The summed E-state index contributed by atoms with van der Waals surface area (Å²) < 4.78 is 31.0. The van der Waals surface area contributed by atoms with E-state index >= 15 is 0 Å². The molecule has 25 heavy (non-hydrogen) atoms. The van der Waals surface area contributed by atoms with Crippen molar-refractivity contribution in [3.63, 3.8) is 0 Å². The third-order valence-corrected chi connectivity index (χ3v) is 5.19. The summed E-state index contributed by atoms with van der Waals surface area (Å²) in [6.45, 7) is 3.87. The van der Waals surface area contributed by atoms with Gasteiger partial charge in [-0.25, -0.2) is 13.2 Å². The number of hydrogen-bond acceptors (Lipinski definition) is 5. The summed E-state index contributed by atoms with van der Waals surface area (Å²) in [5.41, 5.74) is 0.367. The molecule has 0 bridgehead atoms. The van der Waals surface area contributed by atoms with Crippen LogP contribution >= 0.6 is 0 Å². The number of sulfone groups is 1. The summed E-state index contributed by atoms with van der Waals surface area (Å²) in [5, 5.41) is 0. The van der Waals surface area contributed by atoms with Gasteiger partial charge in [0.2, 0.25) is 9.84 Å². The average molecular weight is 361 g/mol. The quantitative estimate of drug-likeness (QED) is 0.308. The number of esters is 1. The number of rotatable bonds is 8. The van der Waals surface area contributed by atoms with Crippen molar-refractivity contribution in [2.45, 2.75) is 25.2 Å². The molecule has 1 aromatic rings. The van der Waals surface area contributed by atoms with E-state index in [-0.39, 0.29) is 16.4 Å². The number of hydrogen-bond donors (Lipinski definition) is 0. The van der Waals surface area contributed by atoms with Gasteiger partial charge in [0.15, 0.2) is 4.91 Å². The number of terminal acetylenes is 1. The monoisotopic (exact) mass is 361 g/mol. The second-order valence-electron chi connectivity index (χ2n) is 5.18. The summed E-state index contributed by atoms with van der Waals surface area (Å²) in [6.07, 6.45) is 8.84. The summed E-state index contributed by atoms with van der Waals surface area (Å²) >= 11 is 0. The van der Waals surface area contributed by atoms with E-state index in [1.54, 1.807) is 56.3 Å². The highest BCUT2D eigenvalue weighted by Crippen LogP contribution is 2.25. The number of carbonyl (C=O) groups is 1. The van der Waals surface area contributed by atoms with Crippen LogP contribution in [-0.2, 0) is 19.4 Å². The number of nitrogens with zero attached hydrogens (tertiary/aromatic N) is 1. The van der Waals surface area contributed by atoms with Crippen LogP contribution in [0.3, 0.4) is 0 Å². The van der Waals surface area contributed by atoms with Crippen molar-refractivity contribution in [3.8, 4) is 12.3 Å². The van der Waals surface area contributed by atoms with Gasteiger partial charge >= 0.3 is 5.97 Å². The van der Waals surface area contributed by atoms with E-state index in [4.69, 9.17) is 11.2 Å². The summed E-state index contributed by atoms with van der Waals surface area (Å²) in [7, 11) is -2.24. The third-order valence-electron chi connectivity index (χ3n) is 3.33. The maximum Gasteiger partial charge on any atom is 0.350 e. The second kappa shape index (κ2) is 9.70. The summed E-state index contributed by atoms with van der Waals surface area (Å²) in [5.74, 6) is 1.63. The number of benzene rings is 1. The molecule has 0 saturated heterocycles. The van der Waals surface area contributed by atoms with Crippen LogP contribution in [0, 0.1) is 12.3 Å². The Morgan fingerprint density at radius 2 is 1.92 bits per heavy atom. The van der Waals surface area contributed by atoms with Crippen molar-refractivity contribution < 1.29 is 17.9 Å². The first-order valence-electron chi connectivity index (χ1n) is 7.90. The molecule has 0 aliphatic rings. The van der Waals surface area contributed by atoms with E-state index in [2.05, 4.69) is 5.92 Å². The lowest BCUT2D eigenvalue weighted by Gasteiger charge is -2.14.